The normalized spacial score (nSPS) is 15.7. The molecule has 1 unspecified atom stereocenters. The summed E-state index contributed by atoms with van der Waals surface area (Å²) in [7, 11) is 2.66. The molecule has 0 radical (unpaired) electrons. The number of nitrogens with one attached hydrogen (secondary N) is 1. The molecule has 0 bridgehead atoms. The Kier molecular flexibility index (Phi) is 12.5. The van der Waals surface area contributed by atoms with Crippen molar-refractivity contribution in [2.24, 2.45) is 5.92 Å². The third-order valence-corrected chi connectivity index (χ3v) is 7.56. The smallest absolute Gasteiger partial charge is 0.337 e. The van der Waals surface area contributed by atoms with E-state index in [1.165, 1.54) is 20.3 Å². The van der Waals surface area contributed by atoms with Crippen molar-refractivity contribution in [3.63, 3.8) is 0 Å². The Hall–Kier alpha value is -4.53. The average molecular weight is 604 g/mol. The van der Waals surface area contributed by atoms with Crippen molar-refractivity contribution in [3.8, 4) is 17.2 Å². The van der Waals surface area contributed by atoms with E-state index in [-0.39, 0.29) is 35.0 Å². The third-order valence-electron chi connectivity index (χ3n) is 7.56. The molecule has 9 nitrogen and oxygen atoms in total. The number of esters is 2. The molecule has 9 heteroatoms. The summed E-state index contributed by atoms with van der Waals surface area (Å²) in [6.07, 6.45) is 5.17. The number of benzene rings is 3. The van der Waals surface area contributed by atoms with E-state index in [2.05, 4.69) is 5.32 Å². The molecule has 1 saturated carbocycles. The van der Waals surface area contributed by atoms with E-state index < -0.39 is 5.97 Å². The Morgan fingerprint density at radius 1 is 0.750 bits per heavy atom. The Morgan fingerprint density at radius 3 is 2.11 bits per heavy atom. The number of methoxy groups -OCH3 is 2. The molecule has 234 valence electrons. The average Bonchev–Trinajstić information content (AvgIpc) is 3.53. The van der Waals surface area contributed by atoms with Gasteiger partial charge in [-0.15, -0.1) is 0 Å². The standard InChI is InChI=1S/C35H41NO8/c1-40-34(38)26-14-16-28(23-26)36-33(37)31-24-27(35(39)41-2)15-19-32(31)44-22-8-9-25-12-17-30(18-13-25)43-21-7-6-20-42-29-10-4-3-5-11-29/h3-5,10-13,15,17-19,24,26,28H,6-9,14,16,20-23H2,1-2H3,(H,36,37)/t26-,28?/m1/s1. The van der Waals surface area contributed by atoms with Crippen LogP contribution in [-0.2, 0) is 20.7 Å². The fourth-order valence-corrected chi connectivity index (χ4v) is 5.15. The lowest BCUT2D eigenvalue weighted by Crippen LogP contribution is -2.34. The zero-order valence-corrected chi connectivity index (χ0v) is 25.4. The summed E-state index contributed by atoms with van der Waals surface area (Å²) in [6, 6.07) is 22.3. The van der Waals surface area contributed by atoms with Crippen molar-refractivity contribution >= 4 is 17.8 Å². The molecule has 1 aliphatic rings. The molecular weight excluding hydrogens is 562 g/mol. The molecule has 1 aliphatic carbocycles. The van der Waals surface area contributed by atoms with E-state index in [0.717, 1.165) is 42.7 Å². The molecule has 1 amide bonds. The zero-order chi connectivity index (χ0) is 31.1. The quantitative estimate of drug-likeness (QED) is 0.162. The highest BCUT2D eigenvalue weighted by molar-refractivity contribution is 6.00. The summed E-state index contributed by atoms with van der Waals surface area (Å²) in [6.45, 7) is 1.67. The van der Waals surface area contributed by atoms with E-state index in [1.807, 2.05) is 54.6 Å². The van der Waals surface area contributed by atoms with E-state index in [9.17, 15) is 14.4 Å². The van der Waals surface area contributed by atoms with Crippen molar-refractivity contribution in [2.75, 3.05) is 34.0 Å². The van der Waals surface area contributed by atoms with Crippen LogP contribution in [0.25, 0.3) is 0 Å². The van der Waals surface area contributed by atoms with Gasteiger partial charge in [-0.05, 0) is 93.0 Å². The minimum Gasteiger partial charge on any atom is -0.494 e. The first kappa shape index (κ1) is 32.4. The summed E-state index contributed by atoms with van der Waals surface area (Å²) in [5, 5.41) is 2.98. The van der Waals surface area contributed by atoms with Gasteiger partial charge in [-0.1, -0.05) is 30.3 Å². The van der Waals surface area contributed by atoms with Gasteiger partial charge in [0.15, 0.2) is 0 Å². The molecule has 0 saturated heterocycles. The van der Waals surface area contributed by atoms with Crippen molar-refractivity contribution in [2.45, 2.75) is 51.0 Å². The Morgan fingerprint density at radius 2 is 1.43 bits per heavy atom. The van der Waals surface area contributed by atoms with E-state index in [4.69, 9.17) is 23.7 Å². The summed E-state index contributed by atoms with van der Waals surface area (Å²) in [5.74, 6) is 0.704. The summed E-state index contributed by atoms with van der Waals surface area (Å²) in [5.41, 5.74) is 1.66. The number of carbonyl (C=O) groups is 3. The highest BCUT2D eigenvalue weighted by atomic mass is 16.5. The van der Waals surface area contributed by atoms with Gasteiger partial charge in [-0.25, -0.2) is 4.79 Å². The van der Waals surface area contributed by atoms with Gasteiger partial charge < -0.3 is 29.0 Å². The van der Waals surface area contributed by atoms with Gasteiger partial charge in [-0.2, -0.15) is 0 Å². The van der Waals surface area contributed by atoms with Crippen molar-refractivity contribution in [1.82, 2.24) is 5.32 Å². The number of ether oxygens (including phenoxy) is 5. The Labute approximate surface area is 258 Å². The van der Waals surface area contributed by atoms with Crippen LogP contribution in [0.15, 0.2) is 72.8 Å². The van der Waals surface area contributed by atoms with Crippen molar-refractivity contribution < 1.29 is 38.1 Å². The molecule has 1 N–H and O–H groups in total. The molecule has 4 rings (SSSR count). The van der Waals surface area contributed by atoms with Crippen LogP contribution in [0, 0.1) is 5.92 Å². The molecule has 1 fully saturated rings. The summed E-state index contributed by atoms with van der Waals surface area (Å²) in [4.78, 5) is 37.2. The number of unbranched alkanes of at least 4 members (excludes halogenated alkanes) is 1. The van der Waals surface area contributed by atoms with E-state index in [1.54, 1.807) is 12.1 Å². The van der Waals surface area contributed by atoms with Gasteiger partial charge in [-0.3, -0.25) is 9.59 Å². The number of hydrogen-bond acceptors (Lipinski definition) is 8. The first-order valence-electron chi connectivity index (χ1n) is 15.1. The predicted molar refractivity (Wildman–Crippen MR) is 165 cm³/mol. The van der Waals surface area contributed by atoms with Crippen LogP contribution in [0.3, 0.4) is 0 Å². The minimum atomic E-state index is -0.540. The van der Waals surface area contributed by atoms with Crippen LogP contribution < -0.4 is 19.5 Å². The molecule has 0 aromatic heterocycles. The van der Waals surface area contributed by atoms with Crippen molar-refractivity contribution in [3.05, 3.63) is 89.5 Å². The second-order valence-corrected chi connectivity index (χ2v) is 10.7. The van der Waals surface area contributed by atoms with Gasteiger partial charge in [0.25, 0.3) is 5.91 Å². The molecule has 2 atom stereocenters. The van der Waals surface area contributed by atoms with Crippen molar-refractivity contribution in [1.29, 1.82) is 0 Å². The van der Waals surface area contributed by atoms with E-state index in [0.29, 0.717) is 44.8 Å². The molecule has 3 aromatic carbocycles. The first-order chi connectivity index (χ1) is 21.5. The number of para-hydroxylation sites is 1. The highest BCUT2D eigenvalue weighted by Gasteiger charge is 2.32. The molecule has 44 heavy (non-hydrogen) atoms. The number of amides is 1. The molecular formula is C35H41NO8. The minimum absolute atomic E-state index is 0.165. The molecule has 0 spiro atoms. The molecule has 0 heterocycles. The van der Waals surface area contributed by atoms with Crippen LogP contribution in [0.5, 0.6) is 17.2 Å². The second kappa shape index (κ2) is 16.9. The summed E-state index contributed by atoms with van der Waals surface area (Å²) >= 11 is 0. The van der Waals surface area contributed by atoms with Gasteiger partial charge in [0.05, 0.1) is 51.1 Å². The predicted octanol–water partition coefficient (Wildman–Crippen LogP) is 5.79. The van der Waals surface area contributed by atoms with Crippen LogP contribution in [0.2, 0.25) is 0 Å². The third kappa shape index (κ3) is 9.76. The van der Waals surface area contributed by atoms with Gasteiger partial charge in [0.1, 0.15) is 17.2 Å². The summed E-state index contributed by atoms with van der Waals surface area (Å²) < 4.78 is 27.3. The largest absolute Gasteiger partial charge is 0.494 e. The van der Waals surface area contributed by atoms with Gasteiger partial charge >= 0.3 is 11.9 Å². The van der Waals surface area contributed by atoms with Gasteiger partial charge in [0.2, 0.25) is 0 Å². The van der Waals surface area contributed by atoms with Crippen LogP contribution >= 0.6 is 0 Å². The molecule has 3 aromatic rings. The fourth-order valence-electron chi connectivity index (χ4n) is 5.15. The topological polar surface area (TPSA) is 109 Å². The van der Waals surface area contributed by atoms with E-state index >= 15 is 0 Å². The van der Waals surface area contributed by atoms with Crippen LogP contribution in [-0.4, -0.2) is 57.9 Å². The number of rotatable bonds is 16. The lowest BCUT2D eigenvalue weighted by atomic mass is 10.1. The lowest BCUT2D eigenvalue weighted by molar-refractivity contribution is -0.145. The first-order valence-corrected chi connectivity index (χ1v) is 15.1. The number of carbonyl (C=O) groups excluding carboxylic acids is 3. The monoisotopic (exact) mass is 603 g/mol. The highest BCUT2D eigenvalue weighted by Crippen LogP contribution is 2.28. The lowest BCUT2D eigenvalue weighted by Gasteiger charge is -2.16. The second-order valence-electron chi connectivity index (χ2n) is 10.7. The maximum absolute atomic E-state index is 13.2. The number of hydrogen-bond donors (Lipinski definition) is 1. The Bertz CT molecular complexity index is 1360. The van der Waals surface area contributed by atoms with Crippen LogP contribution in [0.1, 0.15) is 64.8 Å². The van der Waals surface area contributed by atoms with Gasteiger partial charge in [0, 0.05) is 6.04 Å². The Balaban J connectivity index is 1.21. The fraction of sp³-hybridized carbons (Fsp3) is 0.400. The zero-order valence-electron chi connectivity index (χ0n) is 25.4. The maximum atomic E-state index is 13.2. The van der Waals surface area contributed by atoms with Crippen LogP contribution in [0.4, 0.5) is 0 Å². The maximum Gasteiger partial charge on any atom is 0.337 e. The SMILES string of the molecule is COC(=O)c1ccc(OCCCc2ccc(OCCCCOc3ccccc3)cc2)c(C(=O)NC2CC[C@@H](C(=O)OC)C2)c1. The number of aryl methyl sites for hydroxylation is 1. The molecule has 0 aliphatic heterocycles.